The van der Waals surface area contributed by atoms with Gasteiger partial charge in [0.15, 0.2) is 0 Å². The van der Waals surface area contributed by atoms with Crippen LogP contribution in [-0.2, 0) is 0 Å². The van der Waals surface area contributed by atoms with Crippen LogP contribution in [0.4, 0.5) is 0 Å². The lowest BCUT2D eigenvalue weighted by Gasteiger charge is -2.17. The summed E-state index contributed by atoms with van der Waals surface area (Å²) >= 11 is 7.58. The summed E-state index contributed by atoms with van der Waals surface area (Å²) in [4.78, 5) is 3.32. The molecule has 2 rings (SSSR count). The second-order valence-corrected chi connectivity index (χ2v) is 6.09. The van der Waals surface area contributed by atoms with Gasteiger partial charge in [-0.25, -0.2) is 0 Å². The maximum absolute atomic E-state index is 6.00. The molecule has 0 bridgehead atoms. The number of nitrogens with one attached hydrogen (secondary N) is 1. The first-order valence-electron chi connectivity index (χ1n) is 5.83. The summed E-state index contributed by atoms with van der Waals surface area (Å²) in [6, 6.07) is 7.94. The van der Waals surface area contributed by atoms with Crippen molar-refractivity contribution in [3.05, 3.63) is 45.5 Å². The third-order valence-electron chi connectivity index (χ3n) is 2.61. The highest BCUT2D eigenvalue weighted by molar-refractivity contribution is 7.16. The highest BCUT2D eigenvalue weighted by Gasteiger charge is 2.18. The van der Waals surface area contributed by atoms with E-state index in [4.69, 9.17) is 16.0 Å². The molecule has 0 saturated carbocycles. The molecule has 3 nitrogen and oxygen atoms in total. The van der Waals surface area contributed by atoms with Crippen molar-refractivity contribution in [3.63, 3.8) is 0 Å². The lowest BCUT2D eigenvalue weighted by molar-refractivity contribution is 0.379. The molecule has 0 aromatic carbocycles. The van der Waals surface area contributed by atoms with Gasteiger partial charge in [0.2, 0.25) is 0 Å². The number of furan rings is 1. The molecule has 2 aromatic rings. The normalized spacial score (nSPS) is 13.1. The smallest absolute Gasteiger partial charge is 0.126 e. The van der Waals surface area contributed by atoms with Crippen LogP contribution in [0.5, 0.6) is 0 Å². The fraction of sp³-hybridized carbons (Fsp3) is 0.385. The molecule has 1 N–H and O–H groups in total. The maximum atomic E-state index is 6.00. The lowest BCUT2D eigenvalue weighted by Crippen LogP contribution is -2.29. The Balaban J connectivity index is 2.09. The van der Waals surface area contributed by atoms with Crippen molar-refractivity contribution in [2.24, 2.45) is 0 Å². The van der Waals surface area contributed by atoms with Crippen LogP contribution in [0.3, 0.4) is 0 Å². The standard InChI is InChI=1S/C13H17ClN2OS/c1-16(2)8-7-15-13(10-4-3-9-17-10)11-5-6-12(14)18-11/h3-6,9,13,15H,7-8H2,1-2H3. The minimum atomic E-state index is 0.0810. The summed E-state index contributed by atoms with van der Waals surface area (Å²) in [6.45, 7) is 1.88. The molecule has 1 atom stereocenters. The Morgan fingerprint density at radius 1 is 1.39 bits per heavy atom. The minimum absolute atomic E-state index is 0.0810. The first kappa shape index (κ1) is 13.6. The number of hydrogen-bond donors (Lipinski definition) is 1. The second kappa shape index (κ2) is 6.38. The van der Waals surface area contributed by atoms with E-state index in [1.807, 2.05) is 24.3 Å². The average Bonchev–Trinajstić information content (AvgIpc) is 2.95. The minimum Gasteiger partial charge on any atom is -0.467 e. The molecule has 2 heterocycles. The van der Waals surface area contributed by atoms with E-state index in [1.165, 1.54) is 4.88 Å². The van der Waals surface area contributed by atoms with Crippen molar-refractivity contribution in [1.29, 1.82) is 0 Å². The number of nitrogens with zero attached hydrogens (tertiary/aromatic N) is 1. The molecule has 0 aliphatic carbocycles. The van der Waals surface area contributed by atoms with E-state index in [1.54, 1.807) is 17.6 Å². The molecule has 5 heteroatoms. The Morgan fingerprint density at radius 3 is 2.78 bits per heavy atom. The van der Waals surface area contributed by atoms with Gasteiger partial charge in [-0.15, -0.1) is 11.3 Å². The van der Waals surface area contributed by atoms with E-state index in [9.17, 15) is 0 Å². The second-order valence-electron chi connectivity index (χ2n) is 4.35. The molecular weight excluding hydrogens is 268 g/mol. The molecule has 0 amide bonds. The highest BCUT2D eigenvalue weighted by Crippen LogP contribution is 2.31. The van der Waals surface area contributed by atoms with E-state index in [-0.39, 0.29) is 6.04 Å². The quantitative estimate of drug-likeness (QED) is 0.883. The van der Waals surface area contributed by atoms with E-state index in [0.717, 1.165) is 23.2 Å². The van der Waals surface area contributed by atoms with Gasteiger partial charge in [-0.3, -0.25) is 0 Å². The number of thiophene rings is 1. The van der Waals surface area contributed by atoms with Gasteiger partial charge in [-0.1, -0.05) is 11.6 Å². The summed E-state index contributed by atoms with van der Waals surface area (Å²) in [7, 11) is 4.12. The van der Waals surface area contributed by atoms with Gasteiger partial charge in [0, 0.05) is 18.0 Å². The van der Waals surface area contributed by atoms with Crippen molar-refractivity contribution < 1.29 is 4.42 Å². The average molecular weight is 285 g/mol. The number of likely N-dealkylation sites (N-methyl/N-ethyl adjacent to an activating group) is 1. The van der Waals surface area contributed by atoms with Crippen molar-refractivity contribution in [2.45, 2.75) is 6.04 Å². The topological polar surface area (TPSA) is 28.4 Å². The Hall–Kier alpha value is -0.810. The van der Waals surface area contributed by atoms with Gasteiger partial charge in [0.25, 0.3) is 0 Å². The predicted molar refractivity (Wildman–Crippen MR) is 76.4 cm³/mol. The monoisotopic (exact) mass is 284 g/mol. The first-order valence-corrected chi connectivity index (χ1v) is 7.03. The number of halogens is 1. The SMILES string of the molecule is CN(C)CCNC(c1ccco1)c1ccc(Cl)s1. The zero-order chi connectivity index (χ0) is 13.0. The van der Waals surface area contributed by atoms with Gasteiger partial charge in [-0.05, 0) is 38.4 Å². The Bertz CT molecular complexity index is 467. The lowest BCUT2D eigenvalue weighted by atomic mass is 10.2. The molecular formula is C13H17ClN2OS. The molecule has 0 radical (unpaired) electrons. The highest BCUT2D eigenvalue weighted by atomic mass is 35.5. The molecule has 1 unspecified atom stereocenters. The van der Waals surface area contributed by atoms with Crippen LogP contribution in [0.15, 0.2) is 34.9 Å². The van der Waals surface area contributed by atoms with Gasteiger partial charge in [0.1, 0.15) is 11.8 Å². The van der Waals surface area contributed by atoms with Crippen LogP contribution in [0, 0.1) is 0 Å². The van der Waals surface area contributed by atoms with E-state index in [2.05, 4.69) is 24.3 Å². The van der Waals surface area contributed by atoms with Crippen molar-refractivity contribution >= 4 is 22.9 Å². The summed E-state index contributed by atoms with van der Waals surface area (Å²) in [5, 5.41) is 3.50. The fourth-order valence-corrected chi connectivity index (χ4v) is 2.86. The molecule has 0 aliphatic rings. The zero-order valence-electron chi connectivity index (χ0n) is 10.5. The number of rotatable bonds is 6. The summed E-state index contributed by atoms with van der Waals surface area (Å²) in [6.07, 6.45) is 1.70. The maximum Gasteiger partial charge on any atom is 0.126 e. The third-order valence-corrected chi connectivity index (χ3v) is 3.91. The molecule has 0 fully saturated rings. The third kappa shape index (κ3) is 3.59. The van der Waals surface area contributed by atoms with Crippen LogP contribution in [-0.4, -0.2) is 32.1 Å². The van der Waals surface area contributed by atoms with E-state index < -0.39 is 0 Å². The molecule has 0 saturated heterocycles. The predicted octanol–water partition coefficient (Wildman–Crippen LogP) is 3.24. The first-order chi connectivity index (χ1) is 8.66. The van der Waals surface area contributed by atoms with Gasteiger partial charge < -0.3 is 14.6 Å². The van der Waals surface area contributed by atoms with Gasteiger partial charge in [-0.2, -0.15) is 0 Å². The molecule has 0 spiro atoms. The van der Waals surface area contributed by atoms with Crippen LogP contribution < -0.4 is 5.32 Å². The van der Waals surface area contributed by atoms with Crippen molar-refractivity contribution in [2.75, 3.05) is 27.2 Å². The van der Waals surface area contributed by atoms with E-state index in [0.29, 0.717) is 0 Å². The summed E-state index contributed by atoms with van der Waals surface area (Å²) in [5.74, 6) is 0.923. The van der Waals surface area contributed by atoms with Crippen LogP contribution in [0.25, 0.3) is 0 Å². The molecule has 0 aliphatic heterocycles. The number of hydrogen-bond acceptors (Lipinski definition) is 4. The largest absolute Gasteiger partial charge is 0.467 e. The Kier molecular flexibility index (Phi) is 4.83. The molecule has 18 heavy (non-hydrogen) atoms. The van der Waals surface area contributed by atoms with Crippen LogP contribution in [0.1, 0.15) is 16.7 Å². The van der Waals surface area contributed by atoms with Crippen molar-refractivity contribution in [1.82, 2.24) is 10.2 Å². The van der Waals surface area contributed by atoms with Crippen LogP contribution >= 0.6 is 22.9 Å². The van der Waals surface area contributed by atoms with Crippen LogP contribution in [0.2, 0.25) is 4.34 Å². The Morgan fingerprint density at radius 2 is 2.22 bits per heavy atom. The summed E-state index contributed by atoms with van der Waals surface area (Å²) < 4.78 is 6.31. The summed E-state index contributed by atoms with van der Waals surface area (Å²) in [5.41, 5.74) is 0. The van der Waals surface area contributed by atoms with Crippen molar-refractivity contribution in [3.8, 4) is 0 Å². The Labute approximate surface area is 116 Å². The fourth-order valence-electron chi connectivity index (χ4n) is 1.71. The molecule has 2 aromatic heterocycles. The van der Waals surface area contributed by atoms with E-state index >= 15 is 0 Å². The molecule has 98 valence electrons. The zero-order valence-corrected chi connectivity index (χ0v) is 12.1. The van der Waals surface area contributed by atoms with Gasteiger partial charge in [0.05, 0.1) is 10.6 Å². The van der Waals surface area contributed by atoms with Gasteiger partial charge >= 0.3 is 0 Å².